The molecule has 0 aliphatic carbocycles. The molecule has 8 aromatic rings. The largest absolute Gasteiger partial charge is 0.311 e. The maximum absolute atomic E-state index is 15.6. The van der Waals surface area contributed by atoms with Gasteiger partial charge in [-0.05, 0) is 127 Å². The number of nitriles is 4. The Bertz CT molecular complexity index is 4120. The third-order valence-corrected chi connectivity index (χ3v) is 17.2. The molecule has 2 aliphatic rings. The fraction of sp³-hybridized carbons (Fsp3) is 0.244. The topological polar surface area (TPSA) is 142 Å². The van der Waals surface area contributed by atoms with E-state index in [1.165, 1.54) is 38.5 Å². The van der Waals surface area contributed by atoms with Crippen molar-refractivity contribution in [2.75, 3.05) is 32.7 Å². The Hall–Kier alpha value is -11.0. The molecule has 0 N–H and O–H groups in total. The minimum absolute atomic E-state index is 0.0805. The molecule has 2 amide bonds. The van der Waals surface area contributed by atoms with Gasteiger partial charge in [-0.15, -0.1) is 0 Å². The number of benzene rings is 8. The Morgan fingerprint density at radius 2 is 0.663 bits per heavy atom. The van der Waals surface area contributed by atoms with E-state index in [9.17, 15) is 21.0 Å². The summed E-state index contributed by atoms with van der Waals surface area (Å²) in [6.45, 7) is 5.24. The number of carbonyl (C=O) groups excluding carboxylic acids is 2. The van der Waals surface area contributed by atoms with Gasteiger partial charge >= 0.3 is 0 Å². The van der Waals surface area contributed by atoms with Crippen molar-refractivity contribution in [1.82, 2.24) is 0 Å². The highest BCUT2D eigenvalue weighted by Crippen LogP contribution is 2.49. The molecule has 456 valence electrons. The van der Waals surface area contributed by atoms with Gasteiger partial charge < -0.3 is 19.6 Å². The van der Waals surface area contributed by atoms with E-state index in [4.69, 9.17) is 0 Å². The van der Waals surface area contributed by atoms with Crippen molar-refractivity contribution in [3.8, 4) is 36.1 Å². The molecule has 10 nitrogen and oxygen atoms in total. The van der Waals surface area contributed by atoms with Crippen molar-refractivity contribution in [2.24, 2.45) is 0 Å². The second-order valence-corrected chi connectivity index (χ2v) is 23.4. The minimum Gasteiger partial charge on any atom is -0.311 e. The zero-order valence-corrected chi connectivity index (χ0v) is 52.8. The molecule has 0 atom stereocenters. The molecule has 10 rings (SSSR count). The van der Waals surface area contributed by atoms with E-state index in [0.29, 0.717) is 58.7 Å². The van der Waals surface area contributed by atoms with E-state index < -0.39 is 0 Å². The van der Waals surface area contributed by atoms with Crippen molar-refractivity contribution in [3.63, 3.8) is 0 Å². The summed E-state index contributed by atoms with van der Waals surface area (Å²) < 4.78 is 0. The molecule has 0 unspecified atom stereocenters. The lowest BCUT2D eigenvalue weighted by molar-refractivity contribution is -0.114. The smallest absolute Gasteiger partial charge is 0.259 e. The molecule has 0 saturated heterocycles. The highest BCUT2D eigenvalue weighted by atomic mass is 16.2. The summed E-state index contributed by atoms with van der Waals surface area (Å²) in [4.78, 5) is 39.0. The fourth-order valence-electron chi connectivity index (χ4n) is 12.5. The molecule has 0 aromatic heterocycles. The van der Waals surface area contributed by atoms with Gasteiger partial charge in [-0.3, -0.25) is 9.59 Å². The molecule has 0 bridgehead atoms. The van der Waals surface area contributed by atoms with Crippen LogP contribution in [0.2, 0.25) is 0 Å². The van der Waals surface area contributed by atoms with Gasteiger partial charge in [0, 0.05) is 80.6 Å². The first-order valence-corrected chi connectivity index (χ1v) is 32.6. The number of hydrogen-bond donors (Lipinski definition) is 0. The number of carbonyl (C=O) groups is 2. The number of para-hydroxylation sites is 4. The molecule has 0 radical (unpaired) electrons. The number of fused-ring (bicyclic) bond motifs is 2. The maximum atomic E-state index is 15.6. The van der Waals surface area contributed by atoms with Crippen LogP contribution in [-0.4, -0.2) is 24.9 Å². The van der Waals surface area contributed by atoms with E-state index in [1.807, 2.05) is 144 Å². The fourth-order valence-corrected chi connectivity index (χ4v) is 12.5. The van der Waals surface area contributed by atoms with Gasteiger partial charge in [0.05, 0.1) is 22.5 Å². The van der Waals surface area contributed by atoms with E-state index in [-0.39, 0.29) is 39.7 Å². The summed E-state index contributed by atoms with van der Waals surface area (Å²) in [5, 5.41) is 43.0. The Kier molecular flexibility index (Phi) is 22.3. The van der Waals surface area contributed by atoms with Crippen LogP contribution in [-0.2, 0) is 9.59 Å². The van der Waals surface area contributed by atoms with Gasteiger partial charge in [0.25, 0.3) is 11.8 Å². The molecule has 2 aliphatic heterocycles. The summed E-state index contributed by atoms with van der Waals surface area (Å²) in [6, 6.07) is 75.4. The number of amides is 2. The Morgan fingerprint density at radius 3 is 1.07 bits per heavy atom. The van der Waals surface area contributed by atoms with Crippen LogP contribution >= 0.6 is 0 Å². The monoisotopic (exact) mass is 1200 g/mol. The number of rotatable bonds is 27. The number of anilines is 8. The van der Waals surface area contributed by atoms with Gasteiger partial charge in [-0.2, -0.15) is 21.0 Å². The molecule has 8 aromatic carbocycles. The third-order valence-electron chi connectivity index (χ3n) is 17.2. The minimum atomic E-state index is -0.317. The highest BCUT2D eigenvalue weighted by Gasteiger charge is 2.42. The van der Waals surface area contributed by atoms with E-state index in [0.717, 1.165) is 103 Å². The number of unbranched alkanes of at least 4 members (excludes halogenated alkanes) is 14. The predicted molar refractivity (Wildman–Crippen MR) is 374 cm³/mol. The molecule has 10 heteroatoms. The highest BCUT2D eigenvalue weighted by molar-refractivity contribution is 6.50. The summed E-state index contributed by atoms with van der Waals surface area (Å²) in [7, 11) is 0. The van der Waals surface area contributed by atoms with Crippen LogP contribution in [0.4, 0.5) is 45.5 Å². The van der Waals surface area contributed by atoms with Crippen molar-refractivity contribution < 1.29 is 9.59 Å². The third kappa shape index (κ3) is 14.9. The molecular formula is C82H76N8O2. The molecule has 92 heavy (non-hydrogen) atoms. The van der Waals surface area contributed by atoms with Crippen LogP contribution in [0, 0.1) is 57.2 Å². The van der Waals surface area contributed by atoms with Crippen molar-refractivity contribution >= 4 is 79.6 Å². The predicted octanol–water partition coefficient (Wildman–Crippen LogP) is 20.2. The van der Waals surface area contributed by atoms with Crippen LogP contribution in [0.3, 0.4) is 0 Å². The van der Waals surface area contributed by atoms with Crippen LogP contribution in [0.25, 0.3) is 22.3 Å². The van der Waals surface area contributed by atoms with E-state index in [1.54, 1.807) is 35.2 Å². The number of hydrogen-bond acceptors (Lipinski definition) is 8. The number of nitrogens with zero attached hydrogens (tertiary/aromatic N) is 8. The van der Waals surface area contributed by atoms with Gasteiger partial charge in [0.1, 0.15) is 35.4 Å². The maximum Gasteiger partial charge on any atom is 0.259 e. The van der Waals surface area contributed by atoms with Crippen LogP contribution in [0.5, 0.6) is 0 Å². The van der Waals surface area contributed by atoms with Gasteiger partial charge in [-0.25, -0.2) is 0 Å². The summed E-state index contributed by atoms with van der Waals surface area (Å²) >= 11 is 0. The Morgan fingerprint density at radius 1 is 0.348 bits per heavy atom. The van der Waals surface area contributed by atoms with Gasteiger partial charge in [-0.1, -0.05) is 219 Å². The number of allylic oxidation sites excluding steroid dienone is 4. The lowest BCUT2D eigenvalue weighted by Gasteiger charge is -2.26. The zero-order valence-electron chi connectivity index (χ0n) is 52.8. The Labute approximate surface area is 543 Å². The first kappa shape index (κ1) is 64.0. The van der Waals surface area contributed by atoms with Crippen LogP contribution < -0.4 is 19.6 Å². The summed E-state index contributed by atoms with van der Waals surface area (Å²) in [5.41, 5.74) is 10.6. The normalized spacial score (nSPS) is 12.8. The average Bonchev–Trinajstić information content (AvgIpc) is 1.57. The molecular weight excluding hydrogens is 1130 g/mol. The summed E-state index contributed by atoms with van der Waals surface area (Å²) in [6.07, 6.45) is 17.2. The molecule has 0 saturated carbocycles. The SMILES string of the molecule is CCCCCCCCCCN1C(=O)/C(=C2/C(=O)N(CCCCCCCCCC)c3cc(C(=C(C#N)C#N)C(=C(C#N)C#N)c4ccc(N(c5ccccc5)c5ccccc5)cc4)ccc32)c2ccc(C#Cc3ccc(N(c4ccccc4)c4ccccc4)cc3)cc21. The van der Waals surface area contributed by atoms with Crippen LogP contribution in [0.15, 0.2) is 217 Å². The lowest BCUT2D eigenvalue weighted by Crippen LogP contribution is -2.30. The summed E-state index contributed by atoms with van der Waals surface area (Å²) in [5.74, 6) is 6.22. The van der Waals surface area contributed by atoms with E-state index in [2.05, 4.69) is 96.2 Å². The molecule has 0 fully saturated rings. The standard InChI is InChI=1S/C82H76N8O2/c1-3-5-7-9-11-13-15-29-53-87-75-55-62(40-39-61-41-47-71(48-42-61)89(67-31-21-17-22-32-67)68-33-23-18-24-34-68)43-51-73(75)79(81(87)91)80-74-52-46-64(56-76(74)88(82(80)92)54-30-16-14-12-10-8-6-4-2)78(66(59-85)60-86)77(65(57-83)58-84)63-44-49-72(50-45-63)90(69-35-25-19-26-36-69)70-37-27-20-28-38-70/h17-28,31-38,41-52,55-56H,3-16,29-30,53-54H2,1-2H3/b80-79+. The van der Waals surface area contributed by atoms with Gasteiger partial charge in [0.15, 0.2) is 0 Å². The second kappa shape index (κ2) is 32.0. The quantitative estimate of drug-likeness (QED) is 0.0163. The first-order chi connectivity index (χ1) is 45.3. The second-order valence-electron chi connectivity index (χ2n) is 23.4. The average molecular weight is 1210 g/mol. The van der Waals surface area contributed by atoms with Gasteiger partial charge in [0.2, 0.25) is 0 Å². The Balaban J connectivity index is 1.05. The van der Waals surface area contributed by atoms with E-state index >= 15 is 9.59 Å². The van der Waals surface area contributed by atoms with Crippen molar-refractivity contribution in [2.45, 2.75) is 117 Å². The van der Waals surface area contributed by atoms with Crippen molar-refractivity contribution in [3.05, 3.63) is 251 Å². The van der Waals surface area contributed by atoms with Crippen molar-refractivity contribution in [1.29, 1.82) is 21.0 Å². The molecule has 0 spiro atoms. The first-order valence-electron chi connectivity index (χ1n) is 32.6. The zero-order chi connectivity index (χ0) is 64.0. The van der Waals surface area contributed by atoms with Crippen LogP contribution in [0.1, 0.15) is 150 Å². The lowest BCUT2D eigenvalue weighted by atomic mass is 9.85. The molecule has 2 heterocycles.